The van der Waals surface area contributed by atoms with E-state index in [2.05, 4.69) is 10.2 Å². The zero-order chi connectivity index (χ0) is 14.1. The lowest BCUT2D eigenvalue weighted by Crippen LogP contribution is -2.49. The standard InChI is InChI=1S/C15H23N3O2.ClH/c1-11-9-12(2)20-14(11)15(19)18-6-3-13(10-18)17-7-4-16-5-8-17;/h9,13,16H,3-8,10H2,1-2H3;1H. The van der Waals surface area contributed by atoms with Gasteiger partial charge in [-0.3, -0.25) is 9.69 Å². The van der Waals surface area contributed by atoms with Crippen molar-refractivity contribution in [1.82, 2.24) is 15.1 Å². The lowest BCUT2D eigenvalue weighted by molar-refractivity contribution is 0.0740. The fourth-order valence-electron chi connectivity index (χ4n) is 3.27. The van der Waals surface area contributed by atoms with Crippen molar-refractivity contribution in [3.05, 3.63) is 23.2 Å². The Balaban J connectivity index is 0.00000161. The second-order valence-electron chi connectivity index (χ2n) is 5.85. The van der Waals surface area contributed by atoms with Crippen LogP contribution in [0.1, 0.15) is 28.3 Å². The Hall–Kier alpha value is -1.04. The highest BCUT2D eigenvalue weighted by Crippen LogP contribution is 2.21. The van der Waals surface area contributed by atoms with Crippen LogP contribution in [0.15, 0.2) is 10.5 Å². The third-order valence-corrected chi connectivity index (χ3v) is 4.35. The number of rotatable bonds is 2. The monoisotopic (exact) mass is 313 g/mol. The van der Waals surface area contributed by atoms with E-state index in [4.69, 9.17) is 4.42 Å². The minimum atomic E-state index is 0. The van der Waals surface area contributed by atoms with E-state index in [1.807, 2.05) is 24.8 Å². The third-order valence-electron chi connectivity index (χ3n) is 4.35. The molecule has 2 aliphatic rings. The number of nitrogens with one attached hydrogen (secondary N) is 1. The summed E-state index contributed by atoms with van der Waals surface area (Å²) in [7, 11) is 0. The molecule has 1 aromatic heterocycles. The maximum atomic E-state index is 12.5. The van der Waals surface area contributed by atoms with Crippen LogP contribution in [0.3, 0.4) is 0 Å². The van der Waals surface area contributed by atoms with E-state index in [1.54, 1.807) is 0 Å². The van der Waals surface area contributed by atoms with Crippen LogP contribution in [0, 0.1) is 13.8 Å². The van der Waals surface area contributed by atoms with Gasteiger partial charge >= 0.3 is 0 Å². The summed E-state index contributed by atoms with van der Waals surface area (Å²) < 4.78 is 5.55. The number of halogens is 1. The van der Waals surface area contributed by atoms with Gasteiger partial charge in [-0.1, -0.05) is 0 Å². The molecule has 1 amide bonds. The number of nitrogens with zero attached hydrogens (tertiary/aromatic N) is 2. The summed E-state index contributed by atoms with van der Waals surface area (Å²) in [5.74, 6) is 1.38. The Bertz CT molecular complexity index is 497. The first-order chi connectivity index (χ1) is 9.65. The van der Waals surface area contributed by atoms with Crippen molar-refractivity contribution in [1.29, 1.82) is 0 Å². The molecular weight excluding hydrogens is 290 g/mol. The maximum Gasteiger partial charge on any atom is 0.289 e. The Morgan fingerprint density at radius 1 is 1.29 bits per heavy atom. The first-order valence-corrected chi connectivity index (χ1v) is 7.46. The van der Waals surface area contributed by atoms with Crippen molar-refractivity contribution in [2.24, 2.45) is 0 Å². The van der Waals surface area contributed by atoms with Crippen molar-refractivity contribution in [2.45, 2.75) is 26.3 Å². The molecule has 118 valence electrons. The quantitative estimate of drug-likeness (QED) is 0.897. The molecule has 1 atom stereocenters. The number of piperazine rings is 1. The van der Waals surface area contributed by atoms with Crippen LogP contribution in [-0.2, 0) is 0 Å². The zero-order valence-corrected chi connectivity index (χ0v) is 13.5. The van der Waals surface area contributed by atoms with Crippen LogP contribution in [0.4, 0.5) is 0 Å². The molecule has 2 saturated heterocycles. The Morgan fingerprint density at radius 3 is 2.62 bits per heavy atom. The number of aryl methyl sites for hydroxylation is 2. The molecule has 2 aliphatic heterocycles. The number of carbonyl (C=O) groups excluding carboxylic acids is 1. The van der Waals surface area contributed by atoms with Crippen LogP contribution in [0.2, 0.25) is 0 Å². The van der Waals surface area contributed by atoms with E-state index in [1.165, 1.54) is 0 Å². The first kappa shape index (κ1) is 16.3. The summed E-state index contributed by atoms with van der Waals surface area (Å²) in [5, 5.41) is 3.37. The predicted octanol–water partition coefficient (Wildman–Crippen LogP) is 1.44. The molecule has 3 rings (SSSR count). The van der Waals surface area contributed by atoms with E-state index in [0.717, 1.165) is 57.0 Å². The van der Waals surface area contributed by atoms with Crippen molar-refractivity contribution < 1.29 is 9.21 Å². The number of amides is 1. The van der Waals surface area contributed by atoms with Crippen molar-refractivity contribution in [3.8, 4) is 0 Å². The van der Waals surface area contributed by atoms with Crippen LogP contribution < -0.4 is 5.32 Å². The van der Waals surface area contributed by atoms with Crippen molar-refractivity contribution >= 4 is 18.3 Å². The zero-order valence-electron chi connectivity index (χ0n) is 12.7. The highest BCUT2D eigenvalue weighted by Gasteiger charge is 2.32. The van der Waals surface area contributed by atoms with E-state index in [9.17, 15) is 4.79 Å². The molecule has 0 spiro atoms. The van der Waals surface area contributed by atoms with Gasteiger partial charge in [0.25, 0.3) is 5.91 Å². The normalized spacial score (nSPS) is 23.1. The molecule has 3 heterocycles. The summed E-state index contributed by atoms with van der Waals surface area (Å²) in [5.41, 5.74) is 0.943. The third kappa shape index (κ3) is 3.42. The summed E-state index contributed by atoms with van der Waals surface area (Å²) >= 11 is 0. The Morgan fingerprint density at radius 2 is 2.00 bits per heavy atom. The maximum absolute atomic E-state index is 12.5. The van der Waals surface area contributed by atoms with Gasteiger partial charge in [-0.2, -0.15) is 0 Å². The first-order valence-electron chi connectivity index (χ1n) is 7.46. The highest BCUT2D eigenvalue weighted by atomic mass is 35.5. The van der Waals surface area contributed by atoms with Gasteiger partial charge in [-0.25, -0.2) is 0 Å². The van der Waals surface area contributed by atoms with Crippen molar-refractivity contribution in [2.75, 3.05) is 39.3 Å². The summed E-state index contributed by atoms with van der Waals surface area (Å²) in [6.07, 6.45) is 1.07. The molecule has 0 radical (unpaired) electrons. The summed E-state index contributed by atoms with van der Waals surface area (Å²) in [6.45, 7) is 9.79. The molecule has 6 heteroatoms. The molecule has 2 fully saturated rings. The van der Waals surface area contributed by atoms with E-state index >= 15 is 0 Å². The number of likely N-dealkylation sites (tertiary alicyclic amines) is 1. The molecule has 0 aromatic carbocycles. The van der Waals surface area contributed by atoms with Gasteiger partial charge in [0.2, 0.25) is 0 Å². The number of hydrogen-bond donors (Lipinski definition) is 1. The topological polar surface area (TPSA) is 48.7 Å². The van der Waals surface area contributed by atoms with Crippen LogP contribution >= 0.6 is 12.4 Å². The lowest BCUT2D eigenvalue weighted by Gasteiger charge is -2.32. The molecule has 1 aromatic rings. The second kappa shape index (κ2) is 6.81. The summed E-state index contributed by atoms with van der Waals surface area (Å²) in [4.78, 5) is 17.0. The molecule has 0 saturated carbocycles. The summed E-state index contributed by atoms with van der Waals surface area (Å²) in [6, 6.07) is 2.44. The molecular formula is C15H24ClN3O2. The molecule has 0 aliphatic carbocycles. The molecule has 1 N–H and O–H groups in total. The average molecular weight is 314 g/mol. The van der Waals surface area contributed by atoms with E-state index in [0.29, 0.717) is 11.8 Å². The largest absolute Gasteiger partial charge is 0.456 e. The van der Waals surface area contributed by atoms with Crippen LogP contribution in [-0.4, -0.2) is 61.0 Å². The fourth-order valence-corrected chi connectivity index (χ4v) is 3.27. The van der Waals surface area contributed by atoms with Crippen LogP contribution in [0.5, 0.6) is 0 Å². The Labute approximate surface area is 132 Å². The number of carbonyl (C=O) groups is 1. The lowest BCUT2D eigenvalue weighted by atomic mass is 10.2. The predicted molar refractivity (Wildman–Crippen MR) is 84.2 cm³/mol. The molecule has 21 heavy (non-hydrogen) atoms. The van der Waals surface area contributed by atoms with Gasteiger partial charge in [0.1, 0.15) is 5.76 Å². The smallest absolute Gasteiger partial charge is 0.289 e. The van der Waals surface area contributed by atoms with Gasteiger partial charge < -0.3 is 14.6 Å². The fraction of sp³-hybridized carbons (Fsp3) is 0.667. The van der Waals surface area contributed by atoms with Gasteiger partial charge in [-0.05, 0) is 26.3 Å². The molecule has 5 nitrogen and oxygen atoms in total. The van der Waals surface area contributed by atoms with Gasteiger partial charge in [0.15, 0.2) is 5.76 Å². The minimum Gasteiger partial charge on any atom is -0.456 e. The van der Waals surface area contributed by atoms with Gasteiger partial charge in [0, 0.05) is 50.9 Å². The van der Waals surface area contributed by atoms with E-state index in [-0.39, 0.29) is 18.3 Å². The van der Waals surface area contributed by atoms with Crippen LogP contribution in [0.25, 0.3) is 0 Å². The molecule has 1 unspecified atom stereocenters. The second-order valence-corrected chi connectivity index (χ2v) is 5.85. The number of furan rings is 1. The van der Waals surface area contributed by atoms with Crippen molar-refractivity contribution in [3.63, 3.8) is 0 Å². The Kier molecular flexibility index (Phi) is 5.30. The molecule has 0 bridgehead atoms. The van der Waals surface area contributed by atoms with E-state index < -0.39 is 0 Å². The SMILES string of the molecule is Cc1cc(C)c(C(=O)N2CCC(N3CCNCC3)C2)o1.Cl. The van der Waals surface area contributed by atoms with Gasteiger partial charge in [-0.15, -0.1) is 12.4 Å². The van der Waals surface area contributed by atoms with Gasteiger partial charge in [0.05, 0.1) is 0 Å². The number of hydrogen-bond acceptors (Lipinski definition) is 4. The highest BCUT2D eigenvalue weighted by molar-refractivity contribution is 5.93. The minimum absolute atomic E-state index is 0. The average Bonchev–Trinajstić information content (AvgIpc) is 3.06.